The summed E-state index contributed by atoms with van der Waals surface area (Å²) in [4.78, 5) is 28.0. The van der Waals surface area contributed by atoms with Crippen LogP contribution in [0.1, 0.15) is 35.3 Å². The molecule has 31 heavy (non-hydrogen) atoms. The van der Waals surface area contributed by atoms with E-state index in [4.69, 9.17) is 0 Å². The second-order valence-electron chi connectivity index (χ2n) is 8.87. The van der Waals surface area contributed by atoms with E-state index in [1.807, 2.05) is 18.3 Å². The van der Waals surface area contributed by atoms with Crippen LogP contribution in [0.4, 0.5) is 5.82 Å². The van der Waals surface area contributed by atoms with E-state index in [2.05, 4.69) is 61.9 Å². The number of anilines is 1. The van der Waals surface area contributed by atoms with Crippen molar-refractivity contribution in [2.24, 2.45) is 0 Å². The number of likely N-dealkylation sites (tertiary alicyclic amines) is 1. The molecule has 1 aromatic carbocycles. The molecule has 2 aromatic heterocycles. The Labute approximate surface area is 183 Å². The van der Waals surface area contributed by atoms with Gasteiger partial charge in [0.25, 0.3) is 5.91 Å². The number of fused-ring (bicyclic) bond motifs is 1. The van der Waals surface area contributed by atoms with E-state index in [1.165, 1.54) is 5.56 Å². The van der Waals surface area contributed by atoms with Crippen LogP contribution in [0.3, 0.4) is 0 Å². The molecule has 0 aliphatic carbocycles. The second-order valence-corrected chi connectivity index (χ2v) is 8.87. The molecule has 6 nitrogen and oxygen atoms in total. The number of pyridine rings is 1. The number of H-pyrrole nitrogens is 1. The molecule has 1 amide bonds. The van der Waals surface area contributed by atoms with Crippen molar-refractivity contribution in [2.45, 2.75) is 32.2 Å². The van der Waals surface area contributed by atoms with E-state index in [9.17, 15) is 4.79 Å². The summed E-state index contributed by atoms with van der Waals surface area (Å²) in [5, 5.41) is 1.11. The minimum absolute atomic E-state index is 0.149. The van der Waals surface area contributed by atoms with Crippen molar-refractivity contribution in [1.82, 2.24) is 19.8 Å². The quantitative estimate of drug-likeness (QED) is 0.688. The largest absolute Gasteiger partial charge is 0.354 e. The number of carbonyl (C=O) groups excluding carboxylic acids is 1. The van der Waals surface area contributed by atoms with Gasteiger partial charge < -0.3 is 14.8 Å². The Balaban J connectivity index is 1.17. The van der Waals surface area contributed by atoms with Crippen LogP contribution in [-0.2, 0) is 0 Å². The summed E-state index contributed by atoms with van der Waals surface area (Å²) in [5.41, 5.74) is 2.97. The third-order valence-corrected chi connectivity index (χ3v) is 6.77. The smallest absolute Gasteiger partial charge is 0.270 e. The fourth-order valence-corrected chi connectivity index (χ4v) is 4.99. The molecular weight excluding hydrogens is 386 g/mol. The Morgan fingerprint density at radius 1 is 1.10 bits per heavy atom. The Bertz CT molecular complexity index is 1040. The lowest BCUT2D eigenvalue weighted by Crippen LogP contribution is -2.48. The van der Waals surface area contributed by atoms with Gasteiger partial charge in [-0.2, -0.15) is 0 Å². The highest BCUT2D eigenvalue weighted by molar-refractivity contribution is 5.98. The van der Waals surface area contributed by atoms with Crippen LogP contribution < -0.4 is 4.90 Å². The molecule has 1 N–H and O–H groups in total. The fourth-order valence-electron chi connectivity index (χ4n) is 4.99. The van der Waals surface area contributed by atoms with Crippen molar-refractivity contribution in [3.63, 3.8) is 0 Å². The minimum atomic E-state index is 0.149. The van der Waals surface area contributed by atoms with Crippen molar-refractivity contribution in [3.8, 4) is 0 Å². The van der Waals surface area contributed by atoms with E-state index in [-0.39, 0.29) is 5.91 Å². The molecule has 5 rings (SSSR count). The highest BCUT2D eigenvalue weighted by atomic mass is 16.2. The zero-order valence-electron chi connectivity index (χ0n) is 18.3. The number of benzene rings is 1. The fraction of sp³-hybridized carbons (Fsp3) is 0.440. The van der Waals surface area contributed by atoms with Gasteiger partial charge in [0.15, 0.2) is 0 Å². The van der Waals surface area contributed by atoms with Gasteiger partial charge in [-0.3, -0.25) is 9.69 Å². The summed E-state index contributed by atoms with van der Waals surface area (Å²) in [5.74, 6) is 1.22. The molecule has 2 aliphatic heterocycles. The van der Waals surface area contributed by atoms with Crippen molar-refractivity contribution in [1.29, 1.82) is 0 Å². The third kappa shape index (κ3) is 4.30. The zero-order valence-corrected chi connectivity index (χ0v) is 18.3. The molecule has 4 heterocycles. The van der Waals surface area contributed by atoms with Gasteiger partial charge in [0, 0.05) is 62.4 Å². The van der Waals surface area contributed by atoms with Crippen molar-refractivity contribution in [2.75, 3.05) is 44.2 Å². The molecule has 0 bridgehead atoms. The lowest BCUT2D eigenvalue weighted by atomic mass is 10.1. The molecule has 6 heteroatoms. The van der Waals surface area contributed by atoms with Crippen molar-refractivity contribution < 1.29 is 4.79 Å². The summed E-state index contributed by atoms with van der Waals surface area (Å²) < 4.78 is 0. The number of aromatic nitrogens is 2. The number of piperazine rings is 1. The molecule has 2 aliphatic rings. The predicted octanol–water partition coefficient (Wildman–Crippen LogP) is 3.69. The number of nitrogens with zero attached hydrogens (tertiary/aromatic N) is 4. The molecule has 3 aromatic rings. The minimum Gasteiger partial charge on any atom is -0.354 e. The molecule has 2 fully saturated rings. The first-order valence-corrected chi connectivity index (χ1v) is 11.5. The maximum absolute atomic E-state index is 13.2. The van der Waals surface area contributed by atoms with E-state index < -0.39 is 0 Å². The highest BCUT2D eigenvalue weighted by Crippen LogP contribution is 2.25. The van der Waals surface area contributed by atoms with Gasteiger partial charge in [-0.15, -0.1) is 0 Å². The van der Waals surface area contributed by atoms with Gasteiger partial charge in [-0.05, 0) is 56.0 Å². The van der Waals surface area contributed by atoms with Crippen LogP contribution in [0.5, 0.6) is 0 Å². The maximum Gasteiger partial charge on any atom is 0.270 e. The van der Waals surface area contributed by atoms with E-state index >= 15 is 0 Å². The number of aryl methyl sites for hydroxylation is 1. The van der Waals surface area contributed by atoms with Gasteiger partial charge in [0.1, 0.15) is 11.5 Å². The number of hydrogen-bond acceptors (Lipinski definition) is 4. The Morgan fingerprint density at radius 3 is 2.77 bits per heavy atom. The average molecular weight is 418 g/mol. The number of carbonyl (C=O) groups is 1. The van der Waals surface area contributed by atoms with Gasteiger partial charge in [-0.1, -0.05) is 18.2 Å². The van der Waals surface area contributed by atoms with Crippen molar-refractivity contribution >= 4 is 22.6 Å². The van der Waals surface area contributed by atoms with Crippen LogP contribution in [0, 0.1) is 6.92 Å². The second kappa shape index (κ2) is 8.71. The first kappa shape index (κ1) is 20.1. The highest BCUT2D eigenvalue weighted by Gasteiger charge is 2.30. The Morgan fingerprint density at radius 2 is 1.97 bits per heavy atom. The van der Waals surface area contributed by atoms with Crippen LogP contribution >= 0.6 is 0 Å². The van der Waals surface area contributed by atoms with E-state index in [0.29, 0.717) is 6.04 Å². The SMILES string of the molecule is Cc1ccc2cc(C(=O)N3CCC[C@H]3CCN3CCN(c4ccccn4)CC3)[nH]c2c1. The summed E-state index contributed by atoms with van der Waals surface area (Å²) >= 11 is 0. The monoisotopic (exact) mass is 417 g/mol. The number of amides is 1. The summed E-state index contributed by atoms with van der Waals surface area (Å²) in [6.07, 6.45) is 5.12. The van der Waals surface area contributed by atoms with E-state index in [1.54, 1.807) is 0 Å². The Kier molecular flexibility index (Phi) is 5.64. The summed E-state index contributed by atoms with van der Waals surface area (Å²) in [6.45, 7) is 8.13. The van der Waals surface area contributed by atoms with Gasteiger partial charge >= 0.3 is 0 Å². The average Bonchev–Trinajstić information content (AvgIpc) is 3.45. The Hall–Kier alpha value is -2.86. The van der Waals surface area contributed by atoms with E-state index in [0.717, 1.165) is 80.9 Å². The first-order valence-electron chi connectivity index (χ1n) is 11.5. The lowest BCUT2D eigenvalue weighted by Gasteiger charge is -2.36. The molecule has 162 valence electrons. The first-order chi connectivity index (χ1) is 15.2. The van der Waals surface area contributed by atoms with Crippen molar-refractivity contribution in [3.05, 3.63) is 59.9 Å². The predicted molar refractivity (Wildman–Crippen MR) is 125 cm³/mol. The number of nitrogens with one attached hydrogen (secondary N) is 1. The lowest BCUT2D eigenvalue weighted by molar-refractivity contribution is 0.0715. The molecule has 1 atom stereocenters. The number of rotatable bonds is 5. The third-order valence-electron chi connectivity index (χ3n) is 6.77. The van der Waals surface area contributed by atoms with Gasteiger partial charge in [0.2, 0.25) is 0 Å². The van der Waals surface area contributed by atoms with Gasteiger partial charge in [0.05, 0.1) is 0 Å². The van der Waals surface area contributed by atoms with Crippen LogP contribution in [-0.4, -0.2) is 71.0 Å². The molecular formula is C25H31N5O. The molecule has 0 spiro atoms. The van der Waals surface area contributed by atoms with Crippen LogP contribution in [0.2, 0.25) is 0 Å². The molecule has 0 unspecified atom stereocenters. The molecule has 0 radical (unpaired) electrons. The maximum atomic E-state index is 13.2. The standard InChI is InChI=1S/C25H31N5O/c1-19-7-8-20-18-23(27-22(20)17-19)25(31)30-11-4-5-21(30)9-12-28-13-15-29(16-14-28)24-6-2-3-10-26-24/h2-3,6-8,10,17-18,21,27H,4-5,9,11-16H2,1H3/t21-/m0/s1. The summed E-state index contributed by atoms with van der Waals surface area (Å²) in [7, 11) is 0. The number of aromatic amines is 1. The van der Waals surface area contributed by atoms with Crippen LogP contribution in [0.25, 0.3) is 10.9 Å². The normalized spacial score (nSPS) is 20.0. The molecule has 0 saturated carbocycles. The number of hydrogen-bond donors (Lipinski definition) is 1. The van der Waals surface area contributed by atoms with Gasteiger partial charge in [-0.25, -0.2) is 4.98 Å². The summed E-state index contributed by atoms with van der Waals surface area (Å²) in [6, 6.07) is 14.7. The van der Waals surface area contributed by atoms with Crippen LogP contribution in [0.15, 0.2) is 48.7 Å². The molecule has 2 saturated heterocycles. The topological polar surface area (TPSA) is 55.5 Å². The zero-order chi connectivity index (χ0) is 21.2.